The molecule has 116 valence electrons. The number of hydrogen-bond acceptors (Lipinski definition) is 3. The van der Waals surface area contributed by atoms with E-state index in [2.05, 4.69) is 38.2 Å². The van der Waals surface area contributed by atoms with E-state index in [1.54, 1.807) is 7.11 Å². The van der Waals surface area contributed by atoms with Crippen LogP contribution in [-0.4, -0.2) is 24.7 Å². The highest BCUT2D eigenvalue weighted by Gasteiger charge is 2.31. The van der Waals surface area contributed by atoms with Gasteiger partial charge in [-0.15, -0.1) is 0 Å². The monoisotopic (exact) mass is 291 g/mol. The second kappa shape index (κ2) is 6.06. The summed E-state index contributed by atoms with van der Waals surface area (Å²) < 4.78 is 5.45. The number of carboxylic acids is 1. The van der Waals surface area contributed by atoms with Gasteiger partial charge in [-0.05, 0) is 29.9 Å². The molecule has 2 N–H and O–H groups in total. The van der Waals surface area contributed by atoms with E-state index < -0.39 is 5.97 Å². The van der Waals surface area contributed by atoms with Crippen LogP contribution in [0.4, 0.5) is 0 Å². The second-order valence-electron chi connectivity index (χ2n) is 7.05. The number of carboxylic acid groups (broad SMARTS) is 1. The summed E-state index contributed by atoms with van der Waals surface area (Å²) in [6, 6.07) is 6.30. The number of nitrogens with one attached hydrogen (secondary N) is 1. The fourth-order valence-corrected chi connectivity index (χ4v) is 2.94. The Labute approximate surface area is 126 Å². The molecule has 0 radical (unpaired) electrons. The largest absolute Gasteiger partial charge is 0.496 e. The molecule has 21 heavy (non-hydrogen) atoms. The van der Waals surface area contributed by atoms with Crippen molar-refractivity contribution in [3.8, 4) is 5.75 Å². The molecule has 1 aliphatic rings. The zero-order chi connectivity index (χ0) is 15.6. The van der Waals surface area contributed by atoms with Crippen molar-refractivity contribution in [3.63, 3.8) is 0 Å². The molecule has 1 fully saturated rings. The van der Waals surface area contributed by atoms with Crippen molar-refractivity contribution in [1.82, 2.24) is 5.32 Å². The third-order valence-electron chi connectivity index (χ3n) is 3.88. The van der Waals surface area contributed by atoms with E-state index in [4.69, 9.17) is 9.84 Å². The number of benzene rings is 1. The first-order chi connectivity index (χ1) is 9.80. The molecule has 0 saturated carbocycles. The van der Waals surface area contributed by atoms with Crippen LogP contribution in [0.3, 0.4) is 0 Å². The molecule has 4 heteroatoms. The Hall–Kier alpha value is -1.55. The Morgan fingerprint density at radius 1 is 1.43 bits per heavy atom. The van der Waals surface area contributed by atoms with Gasteiger partial charge in [-0.2, -0.15) is 0 Å². The first kappa shape index (κ1) is 15.8. The summed E-state index contributed by atoms with van der Waals surface area (Å²) in [5.41, 5.74) is 2.56. The predicted octanol–water partition coefficient (Wildman–Crippen LogP) is 3.02. The Kier molecular flexibility index (Phi) is 4.57. The molecule has 4 nitrogen and oxygen atoms in total. The van der Waals surface area contributed by atoms with Gasteiger partial charge in [-0.3, -0.25) is 4.79 Å². The number of carbonyl (C=O) groups is 1. The van der Waals surface area contributed by atoms with E-state index >= 15 is 0 Å². The maximum Gasteiger partial charge on any atom is 0.307 e. The van der Waals surface area contributed by atoms with Crippen molar-refractivity contribution >= 4 is 5.97 Å². The van der Waals surface area contributed by atoms with Crippen LogP contribution in [0, 0.1) is 11.3 Å². The topological polar surface area (TPSA) is 58.6 Å². The van der Waals surface area contributed by atoms with Crippen LogP contribution in [0.1, 0.15) is 44.4 Å². The standard InChI is InChI=1S/C17H25NO3/c1-17(2,3)9-11-5-6-15(21-4)13(7-11)14-8-12(10-18-14)16(19)20/h5-7,12,14,18H,8-10H2,1-4H3,(H,19,20). The minimum absolute atomic E-state index is 0.0565. The minimum atomic E-state index is -0.727. The van der Waals surface area contributed by atoms with E-state index in [0.717, 1.165) is 17.7 Å². The van der Waals surface area contributed by atoms with Gasteiger partial charge in [0.05, 0.1) is 13.0 Å². The zero-order valence-electron chi connectivity index (χ0n) is 13.3. The molecule has 1 aliphatic heterocycles. The maximum absolute atomic E-state index is 11.1. The average Bonchev–Trinajstić information content (AvgIpc) is 2.86. The zero-order valence-corrected chi connectivity index (χ0v) is 13.3. The van der Waals surface area contributed by atoms with Gasteiger partial charge in [0.15, 0.2) is 0 Å². The van der Waals surface area contributed by atoms with Crippen molar-refractivity contribution in [2.75, 3.05) is 13.7 Å². The lowest BCUT2D eigenvalue weighted by Crippen LogP contribution is -2.17. The van der Waals surface area contributed by atoms with Gasteiger partial charge in [0, 0.05) is 18.2 Å². The first-order valence-corrected chi connectivity index (χ1v) is 7.43. The Morgan fingerprint density at radius 2 is 2.14 bits per heavy atom. The molecule has 1 aromatic rings. The molecule has 0 aromatic heterocycles. The van der Waals surface area contributed by atoms with Crippen LogP contribution in [-0.2, 0) is 11.2 Å². The van der Waals surface area contributed by atoms with Crippen LogP contribution >= 0.6 is 0 Å². The summed E-state index contributed by atoms with van der Waals surface area (Å²) in [6.07, 6.45) is 1.60. The highest BCUT2D eigenvalue weighted by molar-refractivity contribution is 5.71. The summed E-state index contributed by atoms with van der Waals surface area (Å²) in [5.74, 6) is -0.211. The number of aliphatic carboxylic acids is 1. The number of ether oxygens (including phenoxy) is 1. The molecular formula is C17H25NO3. The highest BCUT2D eigenvalue weighted by Crippen LogP contribution is 2.35. The van der Waals surface area contributed by atoms with E-state index in [9.17, 15) is 4.79 Å². The summed E-state index contributed by atoms with van der Waals surface area (Å²) in [5, 5.41) is 12.4. The summed E-state index contributed by atoms with van der Waals surface area (Å²) >= 11 is 0. The smallest absolute Gasteiger partial charge is 0.307 e. The van der Waals surface area contributed by atoms with E-state index in [-0.39, 0.29) is 17.4 Å². The molecule has 1 saturated heterocycles. The van der Waals surface area contributed by atoms with Crippen LogP contribution in [0.5, 0.6) is 5.75 Å². The lowest BCUT2D eigenvalue weighted by atomic mass is 9.86. The van der Waals surface area contributed by atoms with Gasteiger partial charge in [0.25, 0.3) is 0 Å². The average molecular weight is 291 g/mol. The van der Waals surface area contributed by atoms with Gasteiger partial charge >= 0.3 is 5.97 Å². The third kappa shape index (κ3) is 3.97. The normalized spacial score (nSPS) is 22.3. The fourth-order valence-electron chi connectivity index (χ4n) is 2.94. The molecule has 0 bridgehead atoms. The first-order valence-electron chi connectivity index (χ1n) is 7.43. The molecule has 2 atom stereocenters. The van der Waals surface area contributed by atoms with E-state index in [0.29, 0.717) is 13.0 Å². The molecular weight excluding hydrogens is 266 g/mol. The van der Waals surface area contributed by atoms with Crippen LogP contribution in [0.2, 0.25) is 0 Å². The van der Waals surface area contributed by atoms with E-state index in [1.165, 1.54) is 5.56 Å². The number of hydrogen-bond donors (Lipinski definition) is 2. The predicted molar refractivity (Wildman–Crippen MR) is 82.6 cm³/mol. The highest BCUT2D eigenvalue weighted by atomic mass is 16.5. The van der Waals surface area contributed by atoms with Gasteiger partial charge in [0.2, 0.25) is 0 Å². The molecule has 0 amide bonds. The quantitative estimate of drug-likeness (QED) is 0.895. The number of rotatable bonds is 4. The van der Waals surface area contributed by atoms with Crippen molar-refractivity contribution in [3.05, 3.63) is 29.3 Å². The lowest BCUT2D eigenvalue weighted by molar-refractivity contribution is -0.141. The summed E-state index contributed by atoms with van der Waals surface area (Å²) in [4.78, 5) is 11.1. The Bertz CT molecular complexity index is 519. The van der Waals surface area contributed by atoms with Gasteiger partial charge in [-0.1, -0.05) is 32.9 Å². The molecule has 0 spiro atoms. The van der Waals surface area contributed by atoms with Crippen molar-refractivity contribution in [1.29, 1.82) is 0 Å². The van der Waals surface area contributed by atoms with Crippen molar-refractivity contribution < 1.29 is 14.6 Å². The van der Waals surface area contributed by atoms with Crippen molar-refractivity contribution in [2.24, 2.45) is 11.3 Å². The SMILES string of the molecule is COc1ccc(CC(C)(C)C)cc1C1CC(C(=O)O)CN1. The summed E-state index contributed by atoms with van der Waals surface area (Å²) in [6.45, 7) is 7.16. The molecule has 2 rings (SSSR count). The Morgan fingerprint density at radius 3 is 2.67 bits per heavy atom. The maximum atomic E-state index is 11.1. The molecule has 0 aliphatic carbocycles. The van der Waals surface area contributed by atoms with Crippen molar-refractivity contribution in [2.45, 2.75) is 39.7 Å². The molecule has 2 unspecified atom stereocenters. The van der Waals surface area contributed by atoms with Gasteiger partial charge in [-0.25, -0.2) is 0 Å². The second-order valence-corrected chi connectivity index (χ2v) is 7.05. The third-order valence-corrected chi connectivity index (χ3v) is 3.88. The molecule has 1 aromatic carbocycles. The number of methoxy groups -OCH3 is 1. The van der Waals surface area contributed by atoms with Crippen LogP contribution < -0.4 is 10.1 Å². The summed E-state index contributed by atoms with van der Waals surface area (Å²) in [7, 11) is 1.66. The van der Waals surface area contributed by atoms with E-state index in [1.807, 2.05) is 6.07 Å². The van der Waals surface area contributed by atoms with Gasteiger partial charge < -0.3 is 15.2 Å². The Balaban J connectivity index is 2.24. The lowest BCUT2D eigenvalue weighted by Gasteiger charge is -2.21. The molecule has 1 heterocycles. The van der Waals surface area contributed by atoms with Crippen LogP contribution in [0.15, 0.2) is 18.2 Å². The van der Waals surface area contributed by atoms with Gasteiger partial charge in [0.1, 0.15) is 5.75 Å². The fraction of sp³-hybridized carbons (Fsp3) is 0.588. The van der Waals surface area contributed by atoms with Crippen LogP contribution in [0.25, 0.3) is 0 Å². The minimum Gasteiger partial charge on any atom is -0.496 e.